The first-order valence-corrected chi connectivity index (χ1v) is 11.6. The largest absolute Gasteiger partial charge is 0.441 e. The number of hydrogen-bond donors (Lipinski definition) is 1. The molecule has 0 saturated heterocycles. The quantitative estimate of drug-likeness (QED) is 0.529. The number of sulfone groups is 1. The van der Waals surface area contributed by atoms with Crippen LogP contribution in [0.5, 0.6) is 0 Å². The molecule has 0 bridgehead atoms. The number of hydrogen-bond acceptors (Lipinski definition) is 6. The first kappa shape index (κ1) is 22.8. The molecule has 0 aliphatic carbocycles. The Bertz CT molecular complexity index is 1210. The van der Waals surface area contributed by atoms with Gasteiger partial charge in [0.2, 0.25) is 0 Å². The number of rotatable bonds is 6. The Labute approximate surface area is 184 Å². The fourth-order valence-electron chi connectivity index (χ4n) is 2.96. The molecule has 0 aliphatic heterocycles. The molecule has 31 heavy (non-hydrogen) atoms. The van der Waals surface area contributed by atoms with Gasteiger partial charge < -0.3 is 9.26 Å². The fourth-order valence-corrected chi connectivity index (χ4v) is 4.07. The summed E-state index contributed by atoms with van der Waals surface area (Å²) in [6.07, 6.45) is -0.338. The Balaban J connectivity index is 1.75. The number of carbonyl (C=O) groups is 1. The number of anilines is 1. The number of ether oxygens (including phenoxy) is 1. The van der Waals surface area contributed by atoms with Crippen LogP contribution < -0.4 is 5.32 Å². The highest BCUT2D eigenvalue weighted by Crippen LogP contribution is 2.32. The lowest BCUT2D eigenvalue weighted by atomic mass is 10.1. The topological polar surface area (TPSA) is 98.5 Å². The molecule has 10 heteroatoms. The van der Waals surface area contributed by atoms with E-state index in [-0.39, 0.29) is 10.8 Å². The number of nitrogens with one attached hydrogen (secondary N) is 1. The second-order valence-electron chi connectivity index (χ2n) is 7.08. The van der Waals surface area contributed by atoms with Crippen molar-refractivity contribution in [1.29, 1.82) is 0 Å². The van der Waals surface area contributed by atoms with E-state index in [1.807, 2.05) is 0 Å². The maximum atomic E-state index is 13.2. The Kier molecular flexibility index (Phi) is 6.66. The molecule has 1 amide bonds. The van der Waals surface area contributed by atoms with Crippen molar-refractivity contribution < 1.29 is 26.9 Å². The van der Waals surface area contributed by atoms with E-state index in [2.05, 4.69) is 10.5 Å². The lowest BCUT2D eigenvalue weighted by molar-refractivity contribution is 0.121. The summed E-state index contributed by atoms with van der Waals surface area (Å²) in [6, 6.07) is 10.5. The van der Waals surface area contributed by atoms with E-state index in [0.717, 1.165) is 12.3 Å². The third-order valence-corrected chi connectivity index (χ3v) is 5.60. The maximum absolute atomic E-state index is 13.2. The van der Waals surface area contributed by atoms with Gasteiger partial charge in [0.25, 0.3) is 0 Å². The molecule has 1 heterocycles. The van der Waals surface area contributed by atoms with Gasteiger partial charge in [-0.05, 0) is 31.5 Å². The summed E-state index contributed by atoms with van der Waals surface area (Å²) in [5, 5.41) is 6.65. The van der Waals surface area contributed by atoms with Crippen molar-refractivity contribution in [2.24, 2.45) is 0 Å². The van der Waals surface area contributed by atoms with Crippen molar-refractivity contribution in [1.82, 2.24) is 5.16 Å². The number of carbonyl (C=O) groups excluding carboxylic acids is 1. The standard InChI is InChI=1S/C21H20ClFN2O5S/c1-12-19(24-21(26)29-13(2)17-9-8-16(23)10-18(17)22)20(30-25-12)15-6-4-14(5-7-15)11-31(3,27)28/h4-10,13H,11H2,1-3H3,(H,24,26)/t13-/m1/s1. The van der Waals surface area contributed by atoms with E-state index >= 15 is 0 Å². The molecule has 7 nitrogen and oxygen atoms in total. The average molecular weight is 467 g/mol. The lowest BCUT2D eigenvalue weighted by Gasteiger charge is -2.15. The van der Waals surface area contributed by atoms with Gasteiger partial charge in [0.1, 0.15) is 23.3 Å². The molecule has 0 aliphatic rings. The van der Waals surface area contributed by atoms with Crippen molar-refractivity contribution in [3.05, 3.63) is 70.1 Å². The molecule has 2 aromatic carbocycles. The molecule has 0 spiro atoms. The first-order chi connectivity index (χ1) is 14.5. The smallest absolute Gasteiger partial charge is 0.412 e. The van der Waals surface area contributed by atoms with Crippen LogP contribution in [0.2, 0.25) is 5.02 Å². The monoisotopic (exact) mass is 466 g/mol. The number of aryl methyl sites for hydroxylation is 1. The molecule has 0 fully saturated rings. The van der Waals surface area contributed by atoms with Crippen LogP contribution >= 0.6 is 11.6 Å². The molecule has 3 aromatic rings. The second-order valence-corrected chi connectivity index (χ2v) is 9.62. The summed E-state index contributed by atoms with van der Waals surface area (Å²) < 4.78 is 46.8. The van der Waals surface area contributed by atoms with E-state index in [0.29, 0.717) is 33.8 Å². The number of amides is 1. The third kappa shape index (κ3) is 5.83. The van der Waals surface area contributed by atoms with Gasteiger partial charge in [0.15, 0.2) is 15.6 Å². The highest BCUT2D eigenvalue weighted by molar-refractivity contribution is 7.89. The van der Waals surface area contributed by atoms with Crippen LogP contribution in [0.4, 0.5) is 14.9 Å². The summed E-state index contributed by atoms with van der Waals surface area (Å²) in [7, 11) is -3.15. The molecular formula is C21H20ClFN2O5S. The lowest BCUT2D eigenvalue weighted by Crippen LogP contribution is -2.17. The molecule has 0 unspecified atom stereocenters. The van der Waals surface area contributed by atoms with Gasteiger partial charge in [-0.1, -0.05) is 47.1 Å². The van der Waals surface area contributed by atoms with Crippen LogP contribution in [-0.2, 0) is 20.3 Å². The number of benzene rings is 2. The Hall–Kier alpha value is -2.91. The van der Waals surface area contributed by atoms with Gasteiger partial charge in [-0.3, -0.25) is 5.32 Å². The zero-order valence-electron chi connectivity index (χ0n) is 17.0. The van der Waals surface area contributed by atoms with E-state index in [4.69, 9.17) is 20.9 Å². The summed E-state index contributed by atoms with van der Waals surface area (Å²) in [5.41, 5.74) is 2.43. The van der Waals surface area contributed by atoms with Crippen molar-refractivity contribution in [2.75, 3.05) is 11.6 Å². The normalized spacial score (nSPS) is 12.4. The number of nitrogens with zero attached hydrogens (tertiary/aromatic N) is 1. The minimum Gasteiger partial charge on any atom is -0.441 e. The Morgan fingerprint density at radius 3 is 2.55 bits per heavy atom. The van der Waals surface area contributed by atoms with Crippen molar-refractivity contribution in [3.8, 4) is 11.3 Å². The van der Waals surface area contributed by atoms with Crippen LogP contribution in [-0.4, -0.2) is 25.9 Å². The van der Waals surface area contributed by atoms with Crippen molar-refractivity contribution >= 4 is 33.2 Å². The molecule has 0 radical (unpaired) electrons. The number of halogens is 2. The fraction of sp³-hybridized carbons (Fsp3) is 0.238. The van der Waals surface area contributed by atoms with Gasteiger partial charge in [-0.15, -0.1) is 0 Å². The summed E-state index contributed by atoms with van der Waals surface area (Å²) in [6.45, 7) is 3.27. The number of aromatic nitrogens is 1. The molecule has 0 saturated carbocycles. The average Bonchev–Trinajstić information content (AvgIpc) is 3.01. The van der Waals surface area contributed by atoms with Crippen LogP contribution in [0.3, 0.4) is 0 Å². The van der Waals surface area contributed by atoms with Gasteiger partial charge >= 0.3 is 6.09 Å². The summed E-state index contributed by atoms with van der Waals surface area (Å²) in [5.74, 6) is -0.269. The SMILES string of the molecule is Cc1noc(-c2ccc(CS(C)(=O)=O)cc2)c1NC(=O)O[C@H](C)c1ccc(F)cc1Cl. The maximum Gasteiger partial charge on any atom is 0.412 e. The van der Waals surface area contributed by atoms with Gasteiger partial charge in [0.05, 0.1) is 10.8 Å². The zero-order valence-corrected chi connectivity index (χ0v) is 18.6. The molecule has 1 atom stereocenters. The van der Waals surface area contributed by atoms with Gasteiger partial charge in [0, 0.05) is 17.4 Å². The van der Waals surface area contributed by atoms with E-state index in [1.54, 1.807) is 38.1 Å². The highest BCUT2D eigenvalue weighted by atomic mass is 35.5. The van der Waals surface area contributed by atoms with Crippen LogP contribution in [0, 0.1) is 12.7 Å². The Morgan fingerprint density at radius 2 is 1.94 bits per heavy atom. The third-order valence-electron chi connectivity index (χ3n) is 4.42. The predicted molar refractivity (Wildman–Crippen MR) is 115 cm³/mol. The molecule has 3 rings (SSSR count). The van der Waals surface area contributed by atoms with Crippen molar-refractivity contribution in [3.63, 3.8) is 0 Å². The molecule has 1 aromatic heterocycles. The van der Waals surface area contributed by atoms with Crippen molar-refractivity contribution in [2.45, 2.75) is 25.7 Å². The van der Waals surface area contributed by atoms with E-state index in [9.17, 15) is 17.6 Å². The molecule has 164 valence electrons. The Morgan fingerprint density at radius 1 is 1.26 bits per heavy atom. The van der Waals surface area contributed by atoms with E-state index in [1.165, 1.54) is 12.1 Å². The molecular weight excluding hydrogens is 447 g/mol. The van der Waals surface area contributed by atoms with Crippen LogP contribution in [0.1, 0.15) is 29.8 Å². The van der Waals surface area contributed by atoms with Gasteiger partial charge in [-0.25, -0.2) is 17.6 Å². The molecule has 1 N–H and O–H groups in total. The summed E-state index contributed by atoms with van der Waals surface area (Å²) >= 11 is 6.02. The van der Waals surface area contributed by atoms with E-state index < -0.39 is 27.9 Å². The summed E-state index contributed by atoms with van der Waals surface area (Å²) in [4.78, 5) is 12.4. The van der Waals surface area contributed by atoms with Crippen LogP contribution in [0.25, 0.3) is 11.3 Å². The van der Waals surface area contributed by atoms with Gasteiger partial charge in [-0.2, -0.15) is 0 Å². The first-order valence-electron chi connectivity index (χ1n) is 9.19. The minimum absolute atomic E-state index is 0.0794. The highest BCUT2D eigenvalue weighted by Gasteiger charge is 2.21. The minimum atomic E-state index is -3.15. The predicted octanol–water partition coefficient (Wildman–Crippen LogP) is 5.30. The second kappa shape index (κ2) is 9.07. The van der Waals surface area contributed by atoms with Crippen LogP contribution in [0.15, 0.2) is 47.0 Å². The zero-order chi connectivity index (χ0) is 22.8.